The highest BCUT2D eigenvalue weighted by Gasteiger charge is 2.22. The number of piperazine rings is 1. The molecule has 0 atom stereocenters. The number of unbranched alkanes of at least 4 members (excludes halogenated alkanes) is 1. The first-order valence-corrected chi connectivity index (χ1v) is 10.0. The fourth-order valence-electron chi connectivity index (χ4n) is 2.64. The monoisotopic (exact) mass is 445 g/mol. The lowest BCUT2D eigenvalue weighted by Gasteiger charge is -2.34. The molecular formula is C18H25BrClN3O3. The molecule has 0 spiro atoms. The number of nitrogens with one attached hydrogen (secondary N) is 1. The summed E-state index contributed by atoms with van der Waals surface area (Å²) in [4.78, 5) is 28.0. The molecule has 144 valence electrons. The summed E-state index contributed by atoms with van der Waals surface area (Å²) in [5.41, 5.74) is 0. The maximum atomic E-state index is 12.3. The number of hydrogen-bond donors (Lipinski definition) is 1. The Hall–Kier alpha value is -1.31. The zero-order chi connectivity index (χ0) is 18.9. The first-order chi connectivity index (χ1) is 12.5. The predicted octanol–water partition coefficient (Wildman–Crippen LogP) is 2.54. The van der Waals surface area contributed by atoms with Crippen LogP contribution in [0.25, 0.3) is 0 Å². The Kier molecular flexibility index (Phi) is 8.68. The Labute approximate surface area is 167 Å². The van der Waals surface area contributed by atoms with Gasteiger partial charge in [0.1, 0.15) is 5.75 Å². The van der Waals surface area contributed by atoms with Gasteiger partial charge in [0.2, 0.25) is 5.91 Å². The number of amides is 2. The summed E-state index contributed by atoms with van der Waals surface area (Å²) in [5.74, 6) is 0.582. The summed E-state index contributed by atoms with van der Waals surface area (Å²) in [6.45, 7) is 5.79. The molecule has 1 aromatic carbocycles. The van der Waals surface area contributed by atoms with Crippen molar-refractivity contribution in [1.29, 1.82) is 0 Å². The summed E-state index contributed by atoms with van der Waals surface area (Å²) in [6, 6.07) is 5.18. The highest BCUT2D eigenvalue weighted by molar-refractivity contribution is 9.10. The van der Waals surface area contributed by atoms with E-state index in [0.29, 0.717) is 43.5 Å². The van der Waals surface area contributed by atoms with E-state index in [2.05, 4.69) is 33.1 Å². The van der Waals surface area contributed by atoms with Gasteiger partial charge < -0.3 is 15.0 Å². The molecule has 1 heterocycles. The Morgan fingerprint density at radius 3 is 2.65 bits per heavy atom. The van der Waals surface area contributed by atoms with Crippen molar-refractivity contribution in [2.24, 2.45) is 0 Å². The van der Waals surface area contributed by atoms with Gasteiger partial charge in [-0.05, 0) is 40.5 Å². The first kappa shape index (κ1) is 21.0. The number of carbonyl (C=O) groups is 2. The van der Waals surface area contributed by atoms with Crippen LogP contribution in [0.1, 0.15) is 19.8 Å². The van der Waals surface area contributed by atoms with Crippen molar-refractivity contribution in [2.75, 3.05) is 45.9 Å². The van der Waals surface area contributed by atoms with E-state index in [1.54, 1.807) is 23.1 Å². The van der Waals surface area contributed by atoms with Gasteiger partial charge in [-0.15, -0.1) is 0 Å². The van der Waals surface area contributed by atoms with Crippen LogP contribution in [0.3, 0.4) is 0 Å². The Balaban J connectivity index is 1.70. The van der Waals surface area contributed by atoms with Crippen molar-refractivity contribution in [3.05, 3.63) is 27.7 Å². The largest absolute Gasteiger partial charge is 0.483 e. The lowest BCUT2D eigenvalue weighted by molar-refractivity contribution is -0.135. The van der Waals surface area contributed by atoms with Gasteiger partial charge in [-0.3, -0.25) is 14.5 Å². The van der Waals surface area contributed by atoms with Crippen molar-refractivity contribution >= 4 is 39.3 Å². The molecule has 0 aliphatic carbocycles. The lowest BCUT2D eigenvalue weighted by Crippen LogP contribution is -2.52. The van der Waals surface area contributed by atoms with Crippen molar-refractivity contribution in [2.45, 2.75) is 19.8 Å². The van der Waals surface area contributed by atoms with Crippen LogP contribution in [0.5, 0.6) is 5.75 Å². The molecule has 0 radical (unpaired) electrons. The molecule has 8 heteroatoms. The maximum absolute atomic E-state index is 12.3. The van der Waals surface area contributed by atoms with Crippen molar-refractivity contribution < 1.29 is 14.3 Å². The second-order valence-corrected chi connectivity index (χ2v) is 7.51. The van der Waals surface area contributed by atoms with Crippen molar-refractivity contribution in [3.8, 4) is 5.75 Å². The molecule has 2 amide bonds. The quantitative estimate of drug-likeness (QED) is 0.624. The van der Waals surface area contributed by atoms with Gasteiger partial charge in [0.05, 0.1) is 11.0 Å². The third-order valence-corrected chi connectivity index (χ3v) is 5.04. The van der Waals surface area contributed by atoms with Crippen molar-refractivity contribution in [3.63, 3.8) is 0 Å². The first-order valence-electron chi connectivity index (χ1n) is 8.84. The van der Waals surface area contributed by atoms with E-state index in [0.717, 1.165) is 23.9 Å². The van der Waals surface area contributed by atoms with Gasteiger partial charge in [0.25, 0.3) is 5.91 Å². The normalized spacial score (nSPS) is 15.0. The van der Waals surface area contributed by atoms with Crippen LogP contribution in [0.4, 0.5) is 0 Å². The lowest BCUT2D eigenvalue weighted by atomic mass is 10.3. The summed E-state index contributed by atoms with van der Waals surface area (Å²) < 4.78 is 6.30. The molecule has 26 heavy (non-hydrogen) atoms. The van der Waals surface area contributed by atoms with Crippen LogP contribution in [0.2, 0.25) is 5.02 Å². The van der Waals surface area contributed by atoms with E-state index in [4.69, 9.17) is 16.3 Å². The molecule has 1 aliphatic heterocycles. The minimum absolute atomic E-state index is 0.0161. The highest BCUT2D eigenvalue weighted by Crippen LogP contribution is 2.27. The second-order valence-electron chi connectivity index (χ2n) is 6.22. The average Bonchev–Trinajstić information content (AvgIpc) is 2.61. The summed E-state index contributed by atoms with van der Waals surface area (Å²) in [6.07, 6.45) is 2.06. The smallest absolute Gasteiger partial charge is 0.260 e. The van der Waals surface area contributed by atoms with E-state index in [9.17, 15) is 9.59 Å². The molecule has 0 unspecified atom stereocenters. The predicted molar refractivity (Wildman–Crippen MR) is 106 cm³/mol. The molecule has 0 aromatic heterocycles. The number of ether oxygens (including phenoxy) is 1. The third kappa shape index (κ3) is 6.78. The zero-order valence-corrected chi connectivity index (χ0v) is 17.3. The van der Waals surface area contributed by atoms with E-state index >= 15 is 0 Å². The average molecular weight is 447 g/mol. The van der Waals surface area contributed by atoms with Crippen LogP contribution in [-0.2, 0) is 9.59 Å². The Bertz CT molecular complexity index is 622. The van der Waals surface area contributed by atoms with Crippen LogP contribution in [-0.4, -0.2) is 67.5 Å². The summed E-state index contributed by atoms with van der Waals surface area (Å²) >= 11 is 9.26. The van der Waals surface area contributed by atoms with Gasteiger partial charge in [-0.1, -0.05) is 24.9 Å². The van der Waals surface area contributed by atoms with Crippen molar-refractivity contribution in [1.82, 2.24) is 15.1 Å². The Morgan fingerprint density at radius 2 is 2.00 bits per heavy atom. The number of benzene rings is 1. The summed E-state index contributed by atoms with van der Waals surface area (Å²) in [7, 11) is 0. The molecule has 0 saturated carbocycles. The highest BCUT2D eigenvalue weighted by atomic mass is 79.9. The van der Waals surface area contributed by atoms with Gasteiger partial charge in [-0.25, -0.2) is 0 Å². The van der Waals surface area contributed by atoms with Crippen LogP contribution in [0, 0.1) is 0 Å². The minimum atomic E-state index is -0.0566. The number of carbonyl (C=O) groups excluding carboxylic acids is 2. The Morgan fingerprint density at radius 1 is 1.27 bits per heavy atom. The van der Waals surface area contributed by atoms with Gasteiger partial charge in [0, 0.05) is 37.7 Å². The fraction of sp³-hybridized carbons (Fsp3) is 0.556. The molecule has 1 fully saturated rings. The molecule has 1 aliphatic rings. The van der Waals surface area contributed by atoms with Crippen LogP contribution >= 0.6 is 27.5 Å². The van der Waals surface area contributed by atoms with E-state index < -0.39 is 0 Å². The fourth-order valence-corrected chi connectivity index (χ4v) is 3.44. The molecule has 2 rings (SSSR count). The number of hydrogen-bond acceptors (Lipinski definition) is 4. The minimum Gasteiger partial charge on any atom is -0.483 e. The molecule has 1 saturated heterocycles. The number of rotatable bonds is 8. The molecule has 1 aromatic rings. The standard InChI is InChI=1S/C18H25BrClN3O3/c1-2-3-6-21-17(24)12-22-7-9-23(10-8-22)18(25)13-26-16-5-4-14(20)11-15(16)19/h4-5,11H,2-3,6-10,12-13H2,1H3,(H,21,24). The topological polar surface area (TPSA) is 61.9 Å². The zero-order valence-electron chi connectivity index (χ0n) is 15.0. The van der Waals surface area contributed by atoms with E-state index in [1.165, 1.54) is 0 Å². The SMILES string of the molecule is CCCCNC(=O)CN1CCN(C(=O)COc2ccc(Cl)cc2Br)CC1. The van der Waals surface area contributed by atoms with E-state index in [-0.39, 0.29) is 18.4 Å². The molecule has 1 N–H and O–H groups in total. The summed E-state index contributed by atoms with van der Waals surface area (Å²) in [5, 5.41) is 3.52. The van der Waals surface area contributed by atoms with Gasteiger partial charge >= 0.3 is 0 Å². The van der Waals surface area contributed by atoms with E-state index in [1.807, 2.05) is 0 Å². The maximum Gasteiger partial charge on any atom is 0.260 e. The number of halogens is 2. The van der Waals surface area contributed by atoms with Crippen LogP contribution in [0.15, 0.2) is 22.7 Å². The molecule has 6 nitrogen and oxygen atoms in total. The second kappa shape index (κ2) is 10.7. The van der Waals surface area contributed by atoms with Gasteiger partial charge in [0.15, 0.2) is 6.61 Å². The molecular weight excluding hydrogens is 422 g/mol. The molecule has 0 bridgehead atoms. The third-order valence-electron chi connectivity index (χ3n) is 4.19. The number of nitrogens with zero attached hydrogens (tertiary/aromatic N) is 2. The van der Waals surface area contributed by atoms with Gasteiger partial charge in [-0.2, -0.15) is 0 Å². The van der Waals surface area contributed by atoms with Crippen LogP contribution < -0.4 is 10.1 Å².